The van der Waals surface area contributed by atoms with Gasteiger partial charge in [0.25, 0.3) is 11.7 Å². The summed E-state index contributed by atoms with van der Waals surface area (Å²) in [6, 6.07) is 5.19. The number of amides is 1. The maximum atomic E-state index is 11.4. The summed E-state index contributed by atoms with van der Waals surface area (Å²) in [5.74, 6) is -1.07. The Kier molecular flexibility index (Phi) is 3.10. The van der Waals surface area contributed by atoms with Crippen molar-refractivity contribution in [2.45, 2.75) is 6.92 Å². The largest absolute Gasteiger partial charge is 0.395 e. The third kappa shape index (κ3) is 2.01. The smallest absolute Gasteiger partial charge is 0.296 e. The first-order chi connectivity index (χ1) is 8.17. The van der Waals surface area contributed by atoms with Gasteiger partial charge in [-0.3, -0.25) is 9.59 Å². The van der Waals surface area contributed by atoms with Crippen LogP contribution in [0.3, 0.4) is 0 Å². The molecule has 0 saturated carbocycles. The molecule has 1 heterocycles. The highest BCUT2D eigenvalue weighted by Gasteiger charge is 2.28. The summed E-state index contributed by atoms with van der Waals surface area (Å²) >= 11 is 0. The number of likely N-dealkylation sites (N-methyl/N-ethyl adjacent to an activating group) is 1. The Labute approximate surface area is 99.0 Å². The fraction of sp³-hybridized carbons (Fsp3) is 0.333. The van der Waals surface area contributed by atoms with E-state index in [1.54, 1.807) is 18.2 Å². The standard InChI is InChI=1S/C12H14N2O3/c1-2-14(5-6-15)8-3-4-9-10(7-8)13-12(17)11(9)16/h3-4,7,15H,2,5-6H2,1H3,(H,13,16,17). The van der Waals surface area contributed by atoms with Gasteiger partial charge in [0.05, 0.1) is 17.9 Å². The van der Waals surface area contributed by atoms with Crippen molar-refractivity contribution in [3.63, 3.8) is 0 Å². The van der Waals surface area contributed by atoms with Crippen LogP contribution >= 0.6 is 0 Å². The van der Waals surface area contributed by atoms with Crippen LogP contribution in [0.15, 0.2) is 18.2 Å². The lowest BCUT2D eigenvalue weighted by Crippen LogP contribution is -2.26. The molecule has 0 unspecified atom stereocenters. The van der Waals surface area contributed by atoms with E-state index in [-0.39, 0.29) is 6.61 Å². The molecule has 1 aliphatic heterocycles. The zero-order chi connectivity index (χ0) is 12.4. The van der Waals surface area contributed by atoms with Crippen molar-refractivity contribution in [3.8, 4) is 0 Å². The molecular formula is C12H14N2O3. The van der Waals surface area contributed by atoms with Crippen molar-refractivity contribution in [1.29, 1.82) is 0 Å². The second-order valence-corrected chi connectivity index (χ2v) is 3.82. The van der Waals surface area contributed by atoms with E-state index < -0.39 is 11.7 Å². The minimum absolute atomic E-state index is 0.0657. The monoisotopic (exact) mass is 234 g/mol. The molecule has 0 spiro atoms. The molecule has 0 fully saturated rings. The van der Waals surface area contributed by atoms with E-state index >= 15 is 0 Å². The topological polar surface area (TPSA) is 69.6 Å². The number of aliphatic hydroxyl groups is 1. The highest BCUT2D eigenvalue weighted by Crippen LogP contribution is 2.28. The first kappa shape index (κ1) is 11.6. The molecule has 5 nitrogen and oxygen atoms in total. The predicted molar refractivity (Wildman–Crippen MR) is 64.4 cm³/mol. The molecule has 0 aromatic heterocycles. The van der Waals surface area contributed by atoms with Gasteiger partial charge in [0.2, 0.25) is 0 Å². The molecule has 0 radical (unpaired) electrons. The van der Waals surface area contributed by atoms with Crippen molar-refractivity contribution in [3.05, 3.63) is 23.8 Å². The van der Waals surface area contributed by atoms with E-state index in [1.807, 2.05) is 11.8 Å². The number of carbonyl (C=O) groups is 2. The molecule has 0 bridgehead atoms. The molecule has 1 aromatic carbocycles. The molecule has 1 amide bonds. The summed E-state index contributed by atoms with van der Waals surface area (Å²) < 4.78 is 0. The second kappa shape index (κ2) is 4.55. The highest BCUT2D eigenvalue weighted by molar-refractivity contribution is 6.51. The number of nitrogens with zero attached hydrogens (tertiary/aromatic N) is 1. The lowest BCUT2D eigenvalue weighted by Gasteiger charge is -2.22. The van der Waals surface area contributed by atoms with E-state index in [1.165, 1.54) is 0 Å². The zero-order valence-corrected chi connectivity index (χ0v) is 9.56. The quantitative estimate of drug-likeness (QED) is 0.750. The number of anilines is 2. The van der Waals surface area contributed by atoms with Crippen LogP contribution in [0.2, 0.25) is 0 Å². The van der Waals surface area contributed by atoms with E-state index in [9.17, 15) is 9.59 Å². The average molecular weight is 234 g/mol. The maximum absolute atomic E-state index is 11.4. The number of nitrogens with one attached hydrogen (secondary N) is 1. The fourth-order valence-electron chi connectivity index (χ4n) is 1.92. The Balaban J connectivity index is 2.32. The molecule has 0 aliphatic carbocycles. The molecule has 0 saturated heterocycles. The number of aliphatic hydroxyl groups excluding tert-OH is 1. The number of carbonyl (C=O) groups excluding carboxylic acids is 2. The summed E-state index contributed by atoms with van der Waals surface area (Å²) in [6.07, 6.45) is 0. The number of hydrogen-bond acceptors (Lipinski definition) is 4. The van der Waals surface area contributed by atoms with Gasteiger partial charge in [-0.05, 0) is 25.1 Å². The van der Waals surface area contributed by atoms with Crippen molar-refractivity contribution in [2.75, 3.05) is 29.9 Å². The minimum Gasteiger partial charge on any atom is -0.395 e. The van der Waals surface area contributed by atoms with Gasteiger partial charge in [-0.15, -0.1) is 0 Å². The molecule has 1 aromatic rings. The Hall–Kier alpha value is -1.88. The molecule has 0 atom stereocenters. The summed E-state index contributed by atoms with van der Waals surface area (Å²) in [5.41, 5.74) is 1.85. The molecule has 1 aliphatic rings. The van der Waals surface area contributed by atoms with Crippen LogP contribution < -0.4 is 10.2 Å². The van der Waals surface area contributed by atoms with Crippen LogP contribution in [0.25, 0.3) is 0 Å². The van der Waals surface area contributed by atoms with E-state index in [0.717, 1.165) is 12.2 Å². The minimum atomic E-state index is -0.581. The Morgan fingerprint density at radius 1 is 1.35 bits per heavy atom. The van der Waals surface area contributed by atoms with Gasteiger partial charge in [0.1, 0.15) is 0 Å². The Bertz CT molecular complexity index is 471. The molecular weight excluding hydrogens is 220 g/mol. The van der Waals surface area contributed by atoms with E-state index in [4.69, 9.17) is 5.11 Å². The number of Topliss-reactive ketones (excluding diaryl/α,β-unsaturated/α-hetero) is 1. The van der Waals surface area contributed by atoms with Gasteiger partial charge in [0, 0.05) is 18.8 Å². The average Bonchev–Trinajstić information content (AvgIpc) is 2.61. The van der Waals surface area contributed by atoms with Crippen LogP contribution in [-0.4, -0.2) is 36.5 Å². The number of ketones is 1. The fourth-order valence-corrected chi connectivity index (χ4v) is 1.92. The first-order valence-electron chi connectivity index (χ1n) is 5.53. The molecule has 2 N–H and O–H groups in total. The van der Waals surface area contributed by atoms with Crippen LogP contribution in [0.1, 0.15) is 17.3 Å². The van der Waals surface area contributed by atoms with Crippen LogP contribution in [0, 0.1) is 0 Å². The van der Waals surface area contributed by atoms with Crippen LogP contribution in [0.4, 0.5) is 11.4 Å². The van der Waals surface area contributed by atoms with Gasteiger partial charge >= 0.3 is 0 Å². The highest BCUT2D eigenvalue weighted by atomic mass is 16.3. The molecule has 90 valence electrons. The number of benzene rings is 1. The van der Waals surface area contributed by atoms with Crippen LogP contribution in [0.5, 0.6) is 0 Å². The third-order valence-corrected chi connectivity index (χ3v) is 2.82. The summed E-state index contributed by atoms with van der Waals surface area (Å²) in [4.78, 5) is 24.6. The summed E-state index contributed by atoms with van der Waals surface area (Å²) in [5, 5.41) is 11.5. The summed E-state index contributed by atoms with van der Waals surface area (Å²) in [7, 11) is 0. The van der Waals surface area contributed by atoms with Gasteiger partial charge in [0.15, 0.2) is 0 Å². The van der Waals surface area contributed by atoms with Crippen LogP contribution in [-0.2, 0) is 4.79 Å². The lowest BCUT2D eigenvalue weighted by molar-refractivity contribution is -0.112. The Morgan fingerprint density at radius 3 is 2.76 bits per heavy atom. The normalized spacial score (nSPS) is 13.5. The second-order valence-electron chi connectivity index (χ2n) is 3.82. The van der Waals surface area contributed by atoms with Crippen molar-refractivity contribution in [2.24, 2.45) is 0 Å². The SMILES string of the molecule is CCN(CCO)c1ccc2c(c1)NC(=O)C2=O. The van der Waals surface area contributed by atoms with Gasteiger partial charge in [-0.2, -0.15) is 0 Å². The zero-order valence-electron chi connectivity index (χ0n) is 9.56. The number of fused-ring (bicyclic) bond motifs is 1. The van der Waals surface area contributed by atoms with Gasteiger partial charge in [-0.25, -0.2) is 0 Å². The number of rotatable bonds is 4. The van der Waals surface area contributed by atoms with E-state index in [0.29, 0.717) is 17.8 Å². The molecule has 17 heavy (non-hydrogen) atoms. The van der Waals surface area contributed by atoms with Crippen molar-refractivity contribution < 1.29 is 14.7 Å². The van der Waals surface area contributed by atoms with E-state index in [2.05, 4.69) is 5.32 Å². The van der Waals surface area contributed by atoms with Crippen molar-refractivity contribution >= 4 is 23.1 Å². The van der Waals surface area contributed by atoms with Gasteiger partial charge < -0.3 is 15.3 Å². The first-order valence-corrected chi connectivity index (χ1v) is 5.53. The molecule has 5 heteroatoms. The summed E-state index contributed by atoms with van der Waals surface area (Å²) in [6.45, 7) is 3.32. The van der Waals surface area contributed by atoms with Gasteiger partial charge in [-0.1, -0.05) is 0 Å². The van der Waals surface area contributed by atoms with Crippen molar-refractivity contribution in [1.82, 2.24) is 0 Å². The Morgan fingerprint density at radius 2 is 2.12 bits per heavy atom. The third-order valence-electron chi connectivity index (χ3n) is 2.82. The predicted octanol–water partition coefficient (Wildman–Crippen LogP) is 0.640. The maximum Gasteiger partial charge on any atom is 0.296 e. The number of hydrogen-bond donors (Lipinski definition) is 2. The molecule has 2 rings (SSSR count). The lowest BCUT2D eigenvalue weighted by atomic mass is 10.1.